The molecule has 3 fully saturated rings. The predicted molar refractivity (Wildman–Crippen MR) is 604 cm³/mol. The molecule has 21 N–H and O–H groups in total. The summed E-state index contributed by atoms with van der Waals surface area (Å²) < 4.78 is 18.8. The fraction of sp³-hybridized carbons (Fsp3) is 0.869. The SMILES string of the molecule is C.C.C.C=[NH+]CC[N+]1(CCNC(=O)CCCCC(=O)NCC[N+](CCNC(=O)CCCCC(C)=O)(CC(O)CCl)CC(O)CN(CCNC)CCNC(=O)CCCCC(C)=O)CC(O)C1.CNCCN(CCNC(=O)CCCCC(C)=O)CC(O)CCl.CNCCNCCNC(=O)CCCCC(C)=O.CNCC[N+]1(CCNC(=O)CCCCC(C)=O)CC(O)C1.ClCC1CO1.OC(CCl)CCl.OCC(O)CCl.[2H]CP.[2H]CP.[Cl-].[Cl-].[Cl-]. The molecule has 7 amide bonds. The maximum Gasteiger partial charge on any atom is 0.220 e. The van der Waals surface area contributed by atoms with E-state index in [2.05, 4.69) is 98.9 Å². The molecule has 39 nitrogen and oxygen atoms in total. The first-order valence-corrected chi connectivity index (χ1v) is 55.4. The van der Waals surface area contributed by atoms with Crippen molar-refractivity contribution in [1.82, 2.24) is 73.6 Å². The average Bonchev–Trinajstić information content (AvgIpc) is 1.54. The van der Waals surface area contributed by atoms with E-state index in [0.29, 0.717) is 220 Å². The summed E-state index contributed by atoms with van der Waals surface area (Å²) in [5, 5.41) is 112. The number of aliphatic hydroxyl groups is 8. The van der Waals surface area contributed by atoms with E-state index >= 15 is 0 Å². The van der Waals surface area contributed by atoms with Crippen molar-refractivity contribution in [3.05, 3.63) is 0 Å². The van der Waals surface area contributed by atoms with Gasteiger partial charge in [-0.1, -0.05) is 35.6 Å². The number of rotatable bonds is 81. The van der Waals surface area contributed by atoms with Gasteiger partial charge in [-0.2, -0.15) is 0 Å². The van der Waals surface area contributed by atoms with Crippen LogP contribution in [-0.4, -0.2) is 489 Å². The van der Waals surface area contributed by atoms with Gasteiger partial charge in [0.2, 0.25) is 41.4 Å². The van der Waals surface area contributed by atoms with Gasteiger partial charge in [-0.25, -0.2) is 4.99 Å². The number of nitrogens with zero attached hydrogens (tertiary/aromatic N) is 5. The second-order valence-corrected chi connectivity index (χ2v) is 37.9. The number of nitrogens with one attached hydrogen (secondary N) is 13. The van der Waals surface area contributed by atoms with Gasteiger partial charge in [0.1, 0.15) is 93.7 Å². The summed E-state index contributed by atoms with van der Waals surface area (Å²) in [6.45, 7) is 32.6. The monoisotopic (exact) mass is 2360 g/mol. The van der Waals surface area contributed by atoms with Gasteiger partial charge in [-0.05, 0) is 140 Å². The molecule has 149 heavy (non-hydrogen) atoms. The zero-order valence-electron chi connectivity index (χ0n) is 91.2. The zero-order valence-corrected chi connectivity index (χ0v) is 98.3. The third-order valence-electron chi connectivity index (χ3n) is 22.4. The average molecular weight is 2370 g/mol. The first kappa shape index (κ1) is 166. The van der Waals surface area contributed by atoms with Crippen LogP contribution in [0.2, 0.25) is 0 Å². The molecule has 0 spiro atoms. The molecule has 0 aromatic rings. The molecule has 892 valence electrons. The number of halogens is 9. The van der Waals surface area contributed by atoms with Gasteiger partial charge in [0.15, 0.2) is 18.8 Å². The number of epoxide rings is 1. The molecule has 3 rings (SSSR count). The highest BCUT2D eigenvalue weighted by molar-refractivity contribution is 7.15. The quantitative estimate of drug-likeness (QED) is 0.00672. The van der Waals surface area contributed by atoms with Crippen LogP contribution in [0.15, 0.2) is 0 Å². The van der Waals surface area contributed by atoms with Gasteiger partial charge >= 0.3 is 0 Å². The van der Waals surface area contributed by atoms with Crippen molar-refractivity contribution in [2.45, 2.75) is 260 Å². The van der Waals surface area contributed by atoms with Crippen LogP contribution in [0.4, 0.5) is 0 Å². The fourth-order valence-corrected chi connectivity index (χ4v) is 15.2. The Labute approximate surface area is 953 Å². The number of aliphatic hydroxyl groups excluding tert-OH is 8. The molecule has 3 saturated heterocycles. The molecule has 0 aromatic carbocycles. The summed E-state index contributed by atoms with van der Waals surface area (Å²) in [5.41, 5.74) is 0. The van der Waals surface area contributed by atoms with E-state index in [1.807, 2.05) is 33.1 Å². The molecule has 0 saturated carbocycles. The van der Waals surface area contributed by atoms with Gasteiger partial charge in [0, 0.05) is 196 Å². The number of alkyl halides is 6. The molecule has 3 aliphatic rings. The fourth-order valence-electron chi connectivity index (χ4n) is 14.4. The maximum atomic E-state index is 13.0. The van der Waals surface area contributed by atoms with E-state index in [1.54, 1.807) is 20.8 Å². The maximum absolute atomic E-state index is 13.0. The predicted octanol–water partition coefficient (Wildman–Crippen LogP) is -7.39. The first-order chi connectivity index (χ1) is 69.1. The van der Waals surface area contributed by atoms with Crippen LogP contribution in [-0.2, 0) is 62.3 Å². The Kier molecular flexibility index (Phi) is 133. The van der Waals surface area contributed by atoms with E-state index in [4.69, 9.17) is 92.4 Å². The van der Waals surface area contributed by atoms with E-state index < -0.39 is 30.5 Å². The molecule has 0 aliphatic carbocycles. The summed E-state index contributed by atoms with van der Waals surface area (Å²) in [5.74, 6) is 1.75. The number of likely N-dealkylation sites (N-methyl/N-ethyl adjacent to an activating group) is 4. The minimum atomic E-state index is -0.922. The van der Waals surface area contributed by atoms with E-state index in [-0.39, 0.29) is 228 Å². The Morgan fingerprint density at radius 2 is 0.651 bits per heavy atom. The number of ether oxygens (including phenoxy) is 1. The van der Waals surface area contributed by atoms with Gasteiger partial charge in [0.05, 0.1) is 114 Å². The van der Waals surface area contributed by atoms with Crippen molar-refractivity contribution in [2.75, 3.05) is 299 Å². The van der Waals surface area contributed by atoms with Crippen molar-refractivity contribution >= 4 is 165 Å². The summed E-state index contributed by atoms with van der Waals surface area (Å²) >= 11 is 32.3. The van der Waals surface area contributed by atoms with Crippen LogP contribution in [0.3, 0.4) is 0 Å². The number of quaternary nitrogens is 3. The molecule has 3 aliphatic heterocycles. The van der Waals surface area contributed by atoms with Gasteiger partial charge in [-0.15, -0.1) is 88.1 Å². The molecular weight excluding hydrogens is 2160 g/mol. The van der Waals surface area contributed by atoms with Crippen molar-refractivity contribution < 1.29 is 162 Å². The van der Waals surface area contributed by atoms with E-state index in [1.165, 1.54) is 13.8 Å². The Morgan fingerprint density at radius 1 is 0.389 bits per heavy atom. The molecule has 0 bridgehead atoms. The Balaban J connectivity index is -0.000000177. The number of amides is 7. The summed E-state index contributed by atoms with van der Waals surface area (Å²) in [6.07, 6.45) is 9.65. The van der Waals surface area contributed by atoms with Gasteiger partial charge in [-0.3, -0.25) is 43.4 Å². The molecule has 3 heterocycles. The van der Waals surface area contributed by atoms with Crippen molar-refractivity contribution in [3.63, 3.8) is 0 Å². The summed E-state index contributed by atoms with van der Waals surface area (Å²) in [7, 11) is 12.0. The van der Waals surface area contributed by atoms with Crippen LogP contribution >= 0.6 is 88.1 Å². The Bertz CT molecular complexity index is 3240. The molecule has 0 aromatic heterocycles. The van der Waals surface area contributed by atoms with Gasteiger partial charge < -0.3 is 184 Å². The number of likely N-dealkylation sites (tertiary alicyclic amines) is 2. The van der Waals surface area contributed by atoms with Gasteiger partial charge in [0.25, 0.3) is 0 Å². The van der Waals surface area contributed by atoms with Crippen LogP contribution in [0, 0.1) is 0 Å². The largest absolute Gasteiger partial charge is 1.00 e. The van der Waals surface area contributed by atoms with E-state index in [9.17, 15) is 83.1 Å². The third-order valence-corrected chi connectivity index (χ3v) is 24.6. The van der Waals surface area contributed by atoms with Crippen molar-refractivity contribution in [2.24, 2.45) is 0 Å². The molecular formula is C99H208Cl9N18O21P2+. The molecule has 50 heteroatoms. The smallest absolute Gasteiger partial charge is 0.220 e. The lowest BCUT2D eigenvalue weighted by molar-refractivity contribution is -0.975. The number of ketones is 5. The summed E-state index contributed by atoms with van der Waals surface area (Å²) in [4.78, 5) is 147. The van der Waals surface area contributed by atoms with Crippen LogP contribution in [0.1, 0.15) is 214 Å². The van der Waals surface area contributed by atoms with Crippen LogP contribution in [0.5, 0.6) is 0 Å². The lowest BCUT2D eigenvalue weighted by Crippen LogP contribution is -3.00. The highest BCUT2D eigenvalue weighted by Crippen LogP contribution is 2.21. The lowest BCUT2D eigenvalue weighted by Gasteiger charge is -2.48. The highest BCUT2D eigenvalue weighted by Gasteiger charge is 2.44. The second-order valence-electron chi connectivity index (χ2n) is 36.1. The lowest BCUT2D eigenvalue weighted by atomic mass is 10.1. The summed E-state index contributed by atoms with van der Waals surface area (Å²) in [6, 6.07) is 0. The first-order valence-electron chi connectivity index (χ1n) is 52.0. The number of carbonyl (C=O) groups excluding carboxylic acids is 12. The number of Topliss-reactive ketones (excluding diaryl/α,β-unsaturated/α-hetero) is 5. The van der Waals surface area contributed by atoms with Crippen LogP contribution in [0.25, 0.3) is 0 Å². The topological polar surface area (TPSA) is 544 Å². The van der Waals surface area contributed by atoms with Crippen LogP contribution < -0.4 is 106 Å². The Hall–Kier alpha value is -2.98. The highest BCUT2D eigenvalue weighted by atomic mass is 35.5. The van der Waals surface area contributed by atoms with E-state index in [0.717, 1.165) is 139 Å². The molecule has 8 atom stereocenters. The molecule has 8 unspecified atom stereocenters. The zero-order chi connectivity index (χ0) is 111. The van der Waals surface area contributed by atoms with Crippen molar-refractivity contribution in [3.8, 4) is 0 Å². The standard InChI is InChI=1S/C43H80ClN9O9.C15H30ClN3O3.C15H29N3O3.C12H25N3O2.C3H6Cl2O.C3H7ClO2.C3H5ClO.2CH5P.3CH4.3ClH/c1-35(54)11-5-7-13-40(59)47-18-24-51(23-17-45-3)30-38(57)32-53(31-37(56)29-44,27-21-49-41(60)14-8-6-12-36(2)55)28-22-50-43(62)16-10-9-15-42(61)48-20-26-52(25-19-46-4)33-39(58)34-52;1-13(20)5-3-4-6-15(22)18-8-10-19(9-7-17-2)12-14(21)11-16;1-13(19)5-3-4-6-15(21)17-8-10-18(9-7-16-2)11-14(20)12-18;1-11(16)5-3-4-6-12(17)15-10-9-14-8-7-13-2;2*4-1-3(6)2-5;4-1-3-2-5-3;2*1-2;;;;;;/h37-39,45,56-58H,4-34H2,1-3H3,(H2-2,47,48,49,50,59,60,61,62);14,17,21H,3-12H2,1-2H3,(H,18,22);14,16,20H,3-12H2,1-2H3;13-14H,3-10H2,1-2H3,(H,15,17);3,6H,1-2H2;3,5-6H,1-2H2;3H,1-2H2;2*2H2,1H3;3*1H4;3*1H/p+1/i;;;;;;;2*1D;;;;;;. The number of carbonyl (C=O) groups is 12. The van der Waals surface area contributed by atoms with Crippen molar-refractivity contribution in [1.29, 1.82) is 0 Å². The molecule has 0 radical (unpaired) electrons. The number of hydrogen-bond donors (Lipinski definition) is 21. The normalized spacial score (nSPS) is 16.3. The minimum Gasteiger partial charge on any atom is -1.00 e. The Morgan fingerprint density at radius 3 is 0.906 bits per heavy atom. The number of unbranched alkanes of at least 4 members (excludes halogenated alkanes) is 6. The minimum absolute atomic E-state index is 0. The second kappa shape index (κ2) is 119. The third kappa shape index (κ3) is 116. The number of hydrogen-bond acceptors (Lipinski definition) is 28.